The third-order valence-corrected chi connectivity index (χ3v) is 3.87. The van der Waals surface area contributed by atoms with Crippen molar-refractivity contribution in [2.75, 3.05) is 6.54 Å². The van der Waals surface area contributed by atoms with Crippen LogP contribution in [0.25, 0.3) is 10.9 Å². The van der Waals surface area contributed by atoms with E-state index in [9.17, 15) is 0 Å². The largest absolute Gasteiger partial charge is 0.310 e. The molecule has 1 aromatic carbocycles. The molecule has 1 fully saturated rings. The van der Waals surface area contributed by atoms with Crippen molar-refractivity contribution in [2.24, 2.45) is 0 Å². The number of pyridine rings is 1. The van der Waals surface area contributed by atoms with Crippen LogP contribution in [0.1, 0.15) is 24.4 Å². The van der Waals surface area contributed by atoms with Gasteiger partial charge in [-0.05, 0) is 37.1 Å². The Labute approximate surface area is 103 Å². The molecule has 2 aromatic rings. The van der Waals surface area contributed by atoms with Gasteiger partial charge in [-0.1, -0.05) is 28.1 Å². The van der Waals surface area contributed by atoms with Gasteiger partial charge in [0.05, 0.1) is 5.52 Å². The lowest BCUT2D eigenvalue weighted by atomic mass is 10.0. The minimum atomic E-state index is 0.477. The summed E-state index contributed by atoms with van der Waals surface area (Å²) in [7, 11) is 0. The second-order valence-electron chi connectivity index (χ2n) is 4.19. The Morgan fingerprint density at radius 3 is 3.06 bits per heavy atom. The monoisotopic (exact) mass is 276 g/mol. The highest BCUT2D eigenvalue weighted by atomic mass is 79.9. The predicted molar refractivity (Wildman–Crippen MR) is 69.4 cm³/mol. The van der Waals surface area contributed by atoms with Gasteiger partial charge in [-0.15, -0.1) is 0 Å². The van der Waals surface area contributed by atoms with Crippen LogP contribution in [0.3, 0.4) is 0 Å². The van der Waals surface area contributed by atoms with Gasteiger partial charge in [-0.2, -0.15) is 0 Å². The lowest BCUT2D eigenvalue weighted by Crippen LogP contribution is -2.13. The van der Waals surface area contributed by atoms with E-state index in [2.05, 4.69) is 44.4 Å². The summed E-state index contributed by atoms with van der Waals surface area (Å²) in [4.78, 5) is 4.52. The molecule has 3 heteroatoms. The van der Waals surface area contributed by atoms with Crippen molar-refractivity contribution in [1.29, 1.82) is 0 Å². The quantitative estimate of drug-likeness (QED) is 0.864. The van der Waals surface area contributed by atoms with E-state index in [0.29, 0.717) is 6.04 Å². The molecule has 0 amide bonds. The van der Waals surface area contributed by atoms with Gasteiger partial charge in [-0.3, -0.25) is 4.98 Å². The number of halogens is 1. The highest BCUT2D eigenvalue weighted by Crippen LogP contribution is 2.32. The van der Waals surface area contributed by atoms with E-state index in [4.69, 9.17) is 0 Å². The lowest BCUT2D eigenvalue weighted by Gasteiger charge is -2.13. The van der Waals surface area contributed by atoms with E-state index in [1.807, 2.05) is 12.3 Å². The molecular formula is C13H13BrN2. The van der Waals surface area contributed by atoms with E-state index in [0.717, 1.165) is 16.5 Å². The molecule has 1 N–H and O–H groups in total. The molecule has 1 aromatic heterocycles. The maximum atomic E-state index is 4.52. The number of benzene rings is 1. The summed E-state index contributed by atoms with van der Waals surface area (Å²) in [5.74, 6) is 0. The molecule has 1 saturated heterocycles. The van der Waals surface area contributed by atoms with Crippen molar-refractivity contribution >= 4 is 26.8 Å². The number of hydrogen-bond acceptors (Lipinski definition) is 2. The average Bonchev–Trinajstić information content (AvgIpc) is 2.83. The van der Waals surface area contributed by atoms with Crippen LogP contribution in [0.4, 0.5) is 0 Å². The summed E-state index contributed by atoms with van der Waals surface area (Å²) in [5.41, 5.74) is 2.45. The first-order valence-electron chi connectivity index (χ1n) is 5.63. The van der Waals surface area contributed by atoms with Gasteiger partial charge < -0.3 is 5.32 Å². The Kier molecular flexibility index (Phi) is 2.65. The first-order valence-corrected chi connectivity index (χ1v) is 6.42. The zero-order valence-corrected chi connectivity index (χ0v) is 10.5. The second kappa shape index (κ2) is 4.15. The molecule has 1 unspecified atom stereocenters. The molecule has 1 atom stereocenters. The predicted octanol–water partition coefficient (Wildman–Crippen LogP) is 3.42. The molecule has 0 aliphatic carbocycles. The average molecular weight is 277 g/mol. The van der Waals surface area contributed by atoms with Crippen LogP contribution in [0.5, 0.6) is 0 Å². The third kappa shape index (κ3) is 1.64. The Balaban J connectivity index is 2.21. The van der Waals surface area contributed by atoms with Crippen molar-refractivity contribution in [3.05, 3.63) is 40.5 Å². The van der Waals surface area contributed by atoms with Crippen LogP contribution in [0.15, 0.2) is 34.9 Å². The fraction of sp³-hybridized carbons (Fsp3) is 0.308. The summed E-state index contributed by atoms with van der Waals surface area (Å²) >= 11 is 3.58. The molecule has 0 bridgehead atoms. The number of nitrogens with zero attached hydrogens (tertiary/aromatic N) is 1. The van der Waals surface area contributed by atoms with Gasteiger partial charge in [0.15, 0.2) is 0 Å². The van der Waals surface area contributed by atoms with E-state index >= 15 is 0 Å². The van der Waals surface area contributed by atoms with E-state index in [1.165, 1.54) is 23.8 Å². The van der Waals surface area contributed by atoms with Crippen molar-refractivity contribution in [2.45, 2.75) is 18.9 Å². The fourth-order valence-electron chi connectivity index (χ4n) is 2.39. The van der Waals surface area contributed by atoms with E-state index in [-0.39, 0.29) is 0 Å². The minimum absolute atomic E-state index is 0.477. The molecule has 16 heavy (non-hydrogen) atoms. The fourth-order valence-corrected chi connectivity index (χ4v) is 2.84. The maximum absolute atomic E-state index is 4.52. The highest BCUT2D eigenvalue weighted by Gasteiger charge is 2.19. The first kappa shape index (κ1) is 10.2. The molecule has 0 saturated carbocycles. The van der Waals surface area contributed by atoms with Crippen LogP contribution in [0.2, 0.25) is 0 Å². The summed E-state index contributed by atoms with van der Waals surface area (Å²) in [5, 5.41) is 4.73. The Hall–Kier alpha value is -0.930. The van der Waals surface area contributed by atoms with Crippen LogP contribution >= 0.6 is 15.9 Å². The van der Waals surface area contributed by atoms with Crippen LogP contribution in [0, 0.1) is 0 Å². The Bertz CT molecular complexity index is 518. The van der Waals surface area contributed by atoms with E-state index < -0.39 is 0 Å². The number of hydrogen-bond donors (Lipinski definition) is 1. The number of rotatable bonds is 1. The van der Waals surface area contributed by atoms with Crippen LogP contribution < -0.4 is 5.32 Å². The van der Waals surface area contributed by atoms with Crippen molar-refractivity contribution in [3.63, 3.8) is 0 Å². The molecule has 3 rings (SSSR count). The second-order valence-corrected chi connectivity index (χ2v) is 5.04. The zero-order chi connectivity index (χ0) is 11.0. The Morgan fingerprint density at radius 2 is 2.25 bits per heavy atom. The number of aromatic nitrogens is 1. The minimum Gasteiger partial charge on any atom is -0.310 e. The standard InChI is InChI=1S/C13H13BrN2/c14-11-6-5-10(12-4-2-7-15-12)13-9(11)3-1-8-16-13/h1,3,5-6,8,12,15H,2,4,7H2. The lowest BCUT2D eigenvalue weighted by molar-refractivity contribution is 0.651. The van der Waals surface area contributed by atoms with Gasteiger partial charge in [0.25, 0.3) is 0 Å². The van der Waals surface area contributed by atoms with Crippen molar-refractivity contribution in [3.8, 4) is 0 Å². The molecule has 82 valence electrons. The molecule has 1 aliphatic heterocycles. The van der Waals surface area contributed by atoms with Gasteiger partial charge in [0, 0.05) is 22.1 Å². The molecule has 0 spiro atoms. The molecule has 1 aliphatic rings. The first-order chi connectivity index (χ1) is 7.86. The highest BCUT2D eigenvalue weighted by molar-refractivity contribution is 9.10. The normalized spacial score (nSPS) is 20.4. The molecule has 2 heterocycles. The molecule has 0 radical (unpaired) electrons. The topological polar surface area (TPSA) is 24.9 Å². The maximum Gasteiger partial charge on any atom is 0.0761 e. The Morgan fingerprint density at radius 1 is 1.31 bits per heavy atom. The molecular weight excluding hydrogens is 264 g/mol. The van der Waals surface area contributed by atoms with Gasteiger partial charge in [0.2, 0.25) is 0 Å². The number of fused-ring (bicyclic) bond motifs is 1. The van der Waals surface area contributed by atoms with Crippen LogP contribution in [-0.2, 0) is 0 Å². The SMILES string of the molecule is Brc1ccc(C2CCCN2)c2ncccc12. The van der Waals surface area contributed by atoms with Gasteiger partial charge >= 0.3 is 0 Å². The van der Waals surface area contributed by atoms with E-state index in [1.54, 1.807) is 0 Å². The molecule has 2 nitrogen and oxygen atoms in total. The zero-order valence-electron chi connectivity index (χ0n) is 8.91. The third-order valence-electron chi connectivity index (χ3n) is 3.18. The summed E-state index contributed by atoms with van der Waals surface area (Å²) < 4.78 is 1.12. The summed E-state index contributed by atoms with van der Waals surface area (Å²) in [6.07, 6.45) is 4.34. The number of nitrogens with one attached hydrogen (secondary N) is 1. The summed E-state index contributed by atoms with van der Waals surface area (Å²) in [6, 6.07) is 8.89. The van der Waals surface area contributed by atoms with Crippen molar-refractivity contribution in [1.82, 2.24) is 10.3 Å². The smallest absolute Gasteiger partial charge is 0.0761 e. The van der Waals surface area contributed by atoms with Crippen molar-refractivity contribution < 1.29 is 0 Å². The van der Waals surface area contributed by atoms with Gasteiger partial charge in [0.1, 0.15) is 0 Å². The van der Waals surface area contributed by atoms with Crippen LogP contribution in [-0.4, -0.2) is 11.5 Å². The summed E-state index contributed by atoms with van der Waals surface area (Å²) in [6.45, 7) is 1.12. The van der Waals surface area contributed by atoms with Gasteiger partial charge in [-0.25, -0.2) is 0 Å².